The predicted molar refractivity (Wildman–Crippen MR) is 89.1 cm³/mol. The Morgan fingerprint density at radius 1 is 0.960 bits per heavy atom. The Balaban J connectivity index is 2.22. The molecule has 2 aromatic carbocycles. The van der Waals surface area contributed by atoms with Gasteiger partial charge in [0.2, 0.25) is 0 Å². The number of halogens is 2. The van der Waals surface area contributed by atoms with Crippen LogP contribution in [0.5, 0.6) is 11.5 Å². The Morgan fingerprint density at radius 2 is 1.64 bits per heavy atom. The zero-order chi connectivity index (χ0) is 18.4. The van der Waals surface area contributed by atoms with Crippen LogP contribution in [0.15, 0.2) is 41.3 Å². The number of nitrogens with one attached hydrogen (secondary N) is 2. The molecule has 0 bridgehead atoms. The van der Waals surface area contributed by atoms with Gasteiger partial charge >= 0.3 is 0 Å². The smallest absolute Gasteiger partial charge is 0.257 e. The monoisotopic (exact) mass is 372 g/mol. The average Bonchev–Trinajstić information content (AvgIpc) is 2.56. The normalized spacial score (nSPS) is 11.2. The molecule has 0 atom stereocenters. The van der Waals surface area contributed by atoms with E-state index in [9.17, 15) is 17.2 Å². The Hall–Kier alpha value is -2.39. The van der Waals surface area contributed by atoms with Gasteiger partial charge in [-0.25, -0.2) is 17.2 Å². The molecule has 25 heavy (non-hydrogen) atoms. The first-order valence-corrected chi connectivity index (χ1v) is 8.98. The summed E-state index contributed by atoms with van der Waals surface area (Å²) >= 11 is 0. The molecule has 0 fully saturated rings. The Bertz CT molecular complexity index is 844. The molecule has 0 heterocycles. The summed E-state index contributed by atoms with van der Waals surface area (Å²) in [6, 6.07) is 6.83. The van der Waals surface area contributed by atoms with Crippen LogP contribution in [-0.4, -0.2) is 21.6 Å². The summed E-state index contributed by atoms with van der Waals surface area (Å²) in [4.78, 5) is 1.93. The first-order valence-electron chi connectivity index (χ1n) is 7.50. The lowest BCUT2D eigenvalue weighted by molar-refractivity contribution is 0.287. The molecule has 136 valence electrons. The van der Waals surface area contributed by atoms with Crippen LogP contribution in [-0.2, 0) is 10.0 Å². The molecule has 0 radical (unpaired) electrons. The highest BCUT2D eigenvalue weighted by atomic mass is 32.2. The largest absolute Gasteiger partial charge is 0.490 e. The van der Waals surface area contributed by atoms with Gasteiger partial charge < -0.3 is 14.9 Å². The van der Waals surface area contributed by atoms with Crippen molar-refractivity contribution in [3.8, 4) is 11.5 Å². The summed E-state index contributed by atoms with van der Waals surface area (Å²) in [6.07, 6.45) is 0. The highest BCUT2D eigenvalue weighted by Crippen LogP contribution is 2.30. The third-order valence-corrected chi connectivity index (χ3v) is 4.32. The maximum atomic E-state index is 13.6. The minimum atomic E-state index is -4.01. The molecule has 2 rings (SSSR count). The molecule has 0 aromatic heterocycles. The van der Waals surface area contributed by atoms with E-state index in [0.29, 0.717) is 25.0 Å². The maximum absolute atomic E-state index is 13.6. The van der Waals surface area contributed by atoms with Gasteiger partial charge in [-0.1, -0.05) is 0 Å². The third-order valence-electron chi connectivity index (χ3n) is 3.08. The Morgan fingerprint density at radius 3 is 2.28 bits per heavy atom. The summed E-state index contributed by atoms with van der Waals surface area (Å²) in [5.74, 6) is -0.996. The number of hydrazine groups is 1. The Kier molecular flexibility index (Phi) is 6.16. The van der Waals surface area contributed by atoms with Crippen LogP contribution in [0.3, 0.4) is 0 Å². The van der Waals surface area contributed by atoms with Crippen LogP contribution in [0.1, 0.15) is 13.8 Å². The van der Waals surface area contributed by atoms with E-state index in [1.807, 2.05) is 4.83 Å². The average molecular weight is 372 g/mol. The standard InChI is InChI=1S/C16H18F2N2O4S/c1-3-23-15-8-6-12(10-16(15)24-4-2)25(21,22)20-19-14-7-5-11(17)9-13(14)18/h5-10,19-20H,3-4H2,1-2H3. The van der Waals surface area contributed by atoms with Gasteiger partial charge in [0.05, 0.1) is 23.8 Å². The van der Waals surface area contributed by atoms with Crippen LogP contribution >= 0.6 is 0 Å². The summed E-state index contributed by atoms with van der Waals surface area (Å²) in [7, 11) is -4.01. The number of rotatable bonds is 8. The second kappa shape index (κ2) is 8.13. The summed E-state index contributed by atoms with van der Waals surface area (Å²) in [6.45, 7) is 4.28. The highest BCUT2D eigenvalue weighted by molar-refractivity contribution is 7.89. The molecule has 0 amide bonds. The lowest BCUT2D eigenvalue weighted by Gasteiger charge is -2.14. The third kappa shape index (κ3) is 4.80. The first-order chi connectivity index (χ1) is 11.9. The first kappa shape index (κ1) is 18.9. The number of sulfonamides is 1. The van der Waals surface area contributed by atoms with E-state index < -0.39 is 21.7 Å². The lowest BCUT2D eigenvalue weighted by atomic mass is 10.3. The molecular weight excluding hydrogens is 354 g/mol. The van der Waals surface area contributed by atoms with Gasteiger partial charge in [0, 0.05) is 12.1 Å². The van der Waals surface area contributed by atoms with E-state index in [0.717, 1.165) is 12.1 Å². The number of hydrogen-bond acceptors (Lipinski definition) is 5. The molecule has 0 aliphatic carbocycles. The van der Waals surface area contributed by atoms with Gasteiger partial charge in [0.15, 0.2) is 17.3 Å². The molecular formula is C16H18F2N2O4S. The molecule has 0 spiro atoms. The van der Waals surface area contributed by atoms with Crippen LogP contribution < -0.4 is 19.7 Å². The number of anilines is 1. The van der Waals surface area contributed by atoms with E-state index in [1.54, 1.807) is 13.8 Å². The lowest BCUT2D eigenvalue weighted by Crippen LogP contribution is -2.30. The fraction of sp³-hybridized carbons (Fsp3) is 0.250. The van der Waals surface area contributed by atoms with Gasteiger partial charge in [-0.15, -0.1) is 4.83 Å². The fourth-order valence-corrected chi connectivity index (χ4v) is 2.84. The topological polar surface area (TPSA) is 76.7 Å². The SMILES string of the molecule is CCOc1ccc(S(=O)(=O)NNc2ccc(F)cc2F)cc1OCC. The molecule has 2 N–H and O–H groups in total. The van der Waals surface area contributed by atoms with Gasteiger partial charge in [0.1, 0.15) is 5.82 Å². The zero-order valence-electron chi connectivity index (χ0n) is 13.7. The fourth-order valence-electron chi connectivity index (χ4n) is 1.97. The van der Waals surface area contributed by atoms with Crippen molar-refractivity contribution in [1.82, 2.24) is 4.83 Å². The van der Waals surface area contributed by atoms with Crippen LogP contribution in [0, 0.1) is 11.6 Å². The van der Waals surface area contributed by atoms with Gasteiger partial charge in [-0.05, 0) is 38.1 Å². The molecule has 0 aliphatic heterocycles. The second-order valence-electron chi connectivity index (χ2n) is 4.83. The van der Waals surface area contributed by atoms with Crippen molar-refractivity contribution in [2.75, 3.05) is 18.6 Å². The van der Waals surface area contributed by atoms with Gasteiger partial charge in [0.25, 0.3) is 10.0 Å². The van der Waals surface area contributed by atoms with Crippen molar-refractivity contribution in [2.45, 2.75) is 18.7 Å². The molecule has 0 saturated heterocycles. The number of benzene rings is 2. The van der Waals surface area contributed by atoms with Crippen molar-refractivity contribution in [2.24, 2.45) is 0 Å². The Labute approximate surface area is 144 Å². The molecule has 6 nitrogen and oxygen atoms in total. The summed E-state index contributed by atoms with van der Waals surface area (Å²) in [5, 5.41) is 0. The van der Waals surface area contributed by atoms with Crippen LogP contribution in [0.25, 0.3) is 0 Å². The van der Waals surface area contributed by atoms with Crippen molar-refractivity contribution in [3.05, 3.63) is 48.0 Å². The van der Waals surface area contributed by atoms with Crippen LogP contribution in [0.4, 0.5) is 14.5 Å². The van der Waals surface area contributed by atoms with E-state index >= 15 is 0 Å². The minimum Gasteiger partial charge on any atom is -0.490 e. The summed E-state index contributed by atoms with van der Waals surface area (Å²) < 4.78 is 61.9. The van der Waals surface area contributed by atoms with Crippen molar-refractivity contribution < 1.29 is 26.7 Å². The van der Waals surface area contributed by atoms with E-state index in [4.69, 9.17) is 9.47 Å². The predicted octanol–water partition coefficient (Wildman–Crippen LogP) is 3.07. The van der Waals surface area contributed by atoms with Gasteiger partial charge in [-0.2, -0.15) is 0 Å². The van der Waals surface area contributed by atoms with Crippen molar-refractivity contribution in [3.63, 3.8) is 0 Å². The minimum absolute atomic E-state index is 0.102. The van der Waals surface area contributed by atoms with E-state index in [1.165, 1.54) is 18.2 Å². The highest BCUT2D eigenvalue weighted by Gasteiger charge is 2.18. The zero-order valence-corrected chi connectivity index (χ0v) is 14.5. The van der Waals surface area contributed by atoms with Crippen molar-refractivity contribution in [1.29, 1.82) is 0 Å². The molecule has 0 unspecified atom stereocenters. The number of hydrogen-bond donors (Lipinski definition) is 2. The summed E-state index contributed by atoms with van der Waals surface area (Å²) in [5.41, 5.74) is 2.01. The van der Waals surface area contributed by atoms with Crippen molar-refractivity contribution >= 4 is 15.7 Å². The molecule has 9 heteroatoms. The number of ether oxygens (including phenoxy) is 2. The second-order valence-corrected chi connectivity index (χ2v) is 6.51. The van der Waals surface area contributed by atoms with Crippen LogP contribution in [0.2, 0.25) is 0 Å². The van der Waals surface area contributed by atoms with E-state index in [-0.39, 0.29) is 16.3 Å². The van der Waals surface area contributed by atoms with E-state index in [2.05, 4.69) is 5.43 Å². The quantitative estimate of drug-likeness (QED) is 0.697. The molecule has 2 aromatic rings. The molecule has 0 aliphatic rings. The molecule has 0 saturated carbocycles. The maximum Gasteiger partial charge on any atom is 0.257 e. The van der Waals surface area contributed by atoms with Gasteiger partial charge in [-0.3, -0.25) is 0 Å².